The van der Waals surface area contributed by atoms with Crippen LogP contribution in [0.15, 0.2) is 0 Å². The molecule has 1 fully saturated rings. The molecule has 1 aromatic rings. The van der Waals surface area contributed by atoms with Crippen LogP contribution in [0.5, 0.6) is 0 Å². The zero-order chi connectivity index (χ0) is 13.4. The molecule has 1 aromatic heterocycles. The Hall–Kier alpha value is -1.56. The van der Waals surface area contributed by atoms with Crippen molar-refractivity contribution in [3.8, 4) is 0 Å². The van der Waals surface area contributed by atoms with Crippen molar-refractivity contribution in [3.63, 3.8) is 0 Å². The van der Waals surface area contributed by atoms with E-state index in [2.05, 4.69) is 22.0 Å². The summed E-state index contributed by atoms with van der Waals surface area (Å²) in [6.45, 7) is 5.47. The SMILES string of the molecule is Cc1[nH]nc(C(=O)N2CC(C)C(N(C)C)C2)c1N. The van der Waals surface area contributed by atoms with Gasteiger partial charge in [0.25, 0.3) is 5.91 Å². The molecule has 0 radical (unpaired) electrons. The summed E-state index contributed by atoms with van der Waals surface area (Å²) in [7, 11) is 4.09. The van der Waals surface area contributed by atoms with Gasteiger partial charge in [-0.1, -0.05) is 6.92 Å². The van der Waals surface area contributed by atoms with Gasteiger partial charge in [0.1, 0.15) is 0 Å². The molecule has 3 N–H and O–H groups in total. The van der Waals surface area contributed by atoms with E-state index in [1.807, 2.05) is 25.9 Å². The number of aromatic nitrogens is 2. The van der Waals surface area contributed by atoms with E-state index >= 15 is 0 Å². The molecule has 2 unspecified atom stereocenters. The number of nitrogens with one attached hydrogen (secondary N) is 1. The molecule has 0 saturated carbocycles. The summed E-state index contributed by atoms with van der Waals surface area (Å²) in [5.41, 5.74) is 7.40. The summed E-state index contributed by atoms with van der Waals surface area (Å²) >= 11 is 0. The zero-order valence-corrected chi connectivity index (χ0v) is 11.4. The number of aryl methyl sites for hydroxylation is 1. The van der Waals surface area contributed by atoms with Gasteiger partial charge in [-0.3, -0.25) is 9.89 Å². The molecular formula is C12H21N5O. The number of nitrogen functional groups attached to an aromatic ring is 1. The number of hydrogen-bond donors (Lipinski definition) is 2. The smallest absolute Gasteiger partial charge is 0.276 e. The minimum atomic E-state index is -0.0759. The third-order valence-electron chi connectivity index (χ3n) is 3.72. The highest BCUT2D eigenvalue weighted by Gasteiger charge is 2.35. The van der Waals surface area contributed by atoms with Gasteiger partial charge >= 0.3 is 0 Å². The summed E-state index contributed by atoms with van der Waals surface area (Å²) < 4.78 is 0. The first-order chi connectivity index (χ1) is 8.41. The molecule has 0 aromatic carbocycles. The van der Waals surface area contributed by atoms with Gasteiger partial charge in [0, 0.05) is 19.1 Å². The molecule has 2 atom stereocenters. The van der Waals surface area contributed by atoms with Crippen LogP contribution in [0.25, 0.3) is 0 Å². The first-order valence-electron chi connectivity index (χ1n) is 6.18. The fourth-order valence-electron chi connectivity index (χ4n) is 2.54. The number of amides is 1. The first-order valence-corrected chi connectivity index (χ1v) is 6.18. The third kappa shape index (κ3) is 2.08. The van der Waals surface area contributed by atoms with E-state index in [4.69, 9.17) is 5.73 Å². The minimum Gasteiger partial charge on any atom is -0.395 e. The van der Waals surface area contributed by atoms with Crippen molar-refractivity contribution in [1.29, 1.82) is 0 Å². The lowest BCUT2D eigenvalue weighted by molar-refractivity contribution is 0.0776. The Morgan fingerprint density at radius 3 is 2.61 bits per heavy atom. The lowest BCUT2D eigenvalue weighted by Crippen LogP contribution is -2.36. The molecule has 18 heavy (non-hydrogen) atoms. The number of aromatic amines is 1. The predicted octanol–water partition coefficient (Wildman–Crippen LogP) is 0.322. The number of carbonyl (C=O) groups is 1. The van der Waals surface area contributed by atoms with Crippen LogP contribution in [0.1, 0.15) is 23.1 Å². The fraction of sp³-hybridized carbons (Fsp3) is 0.667. The number of nitrogens with two attached hydrogens (primary N) is 1. The van der Waals surface area contributed by atoms with Crippen LogP contribution in [0.4, 0.5) is 5.69 Å². The number of rotatable bonds is 2. The molecule has 1 saturated heterocycles. The van der Waals surface area contributed by atoms with Gasteiger partial charge in [-0.15, -0.1) is 0 Å². The fourth-order valence-corrected chi connectivity index (χ4v) is 2.54. The van der Waals surface area contributed by atoms with Crippen LogP contribution in [0.3, 0.4) is 0 Å². The second kappa shape index (κ2) is 4.61. The van der Waals surface area contributed by atoms with Gasteiger partial charge < -0.3 is 15.5 Å². The average molecular weight is 251 g/mol. The van der Waals surface area contributed by atoms with Crippen molar-refractivity contribution in [2.24, 2.45) is 5.92 Å². The molecule has 6 heteroatoms. The van der Waals surface area contributed by atoms with Crippen LogP contribution in [0, 0.1) is 12.8 Å². The molecule has 2 rings (SSSR count). The molecule has 0 aliphatic carbocycles. The Bertz CT molecular complexity index is 453. The molecule has 1 aliphatic rings. The standard InChI is InChI=1S/C12H21N5O/c1-7-5-17(6-9(7)16(3)4)12(18)11-10(13)8(2)14-15-11/h7,9H,5-6,13H2,1-4H3,(H,14,15). The molecule has 0 spiro atoms. The van der Waals surface area contributed by atoms with Crippen LogP contribution in [-0.4, -0.2) is 59.1 Å². The van der Waals surface area contributed by atoms with E-state index in [0.717, 1.165) is 18.8 Å². The van der Waals surface area contributed by atoms with Crippen LogP contribution < -0.4 is 5.73 Å². The summed E-state index contributed by atoms with van der Waals surface area (Å²) in [4.78, 5) is 16.3. The third-order valence-corrected chi connectivity index (χ3v) is 3.72. The highest BCUT2D eigenvalue weighted by molar-refractivity contribution is 5.97. The summed E-state index contributed by atoms with van der Waals surface area (Å²) in [6, 6.07) is 0.398. The number of H-pyrrole nitrogens is 1. The largest absolute Gasteiger partial charge is 0.395 e. The van der Waals surface area contributed by atoms with Crippen LogP contribution in [0.2, 0.25) is 0 Å². The Labute approximate surface area is 107 Å². The molecule has 0 bridgehead atoms. The van der Waals surface area contributed by atoms with Gasteiger partial charge in [-0.25, -0.2) is 0 Å². The number of nitrogens with zero attached hydrogens (tertiary/aromatic N) is 3. The molecule has 6 nitrogen and oxygen atoms in total. The highest BCUT2D eigenvalue weighted by atomic mass is 16.2. The van der Waals surface area contributed by atoms with Crippen molar-refractivity contribution in [2.45, 2.75) is 19.9 Å². The second-order valence-corrected chi connectivity index (χ2v) is 5.33. The van der Waals surface area contributed by atoms with E-state index in [1.165, 1.54) is 0 Å². The lowest BCUT2D eigenvalue weighted by Gasteiger charge is -2.22. The predicted molar refractivity (Wildman–Crippen MR) is 70.3 cm³/mol. The monoisotopic (exact) mass is 251 g/mol. The maximum absolute atomic E-state index is 12.3. The second-order valence-electron chi connectivity index (χ2n) is 5.33. The number of likely N-dealkylation sites (N-methyl/N-ethyl adjacent to an activating group) is 1. The summed E-state index contributed by atoms with van der Waals surface area (Å²) in [5, 5.41) is 6.75. The molecule has 1 amide bonds. The van der Waals surface area contributed by atoms with E-state index in [-0.39, 0.29) is 5.91 Å². The van der Waals surface area contributed by atoms with Gasteiger partial charge in [-0.2, -0.15) is 5.10 Å². The van der Waals surface area contributed by atoms with E-state index in [9.17, 15) is 4.79 Å². The number of carbonyl (C=O) groups excluding carboxylic acids is 1. The van der Waals surface area contributed by atoms with Crippen molar-refractivity contribution in [1.82, 2.24) is 20.0 Å². The highest BCUT2D eigenvalue weighted by Crippen LogP contribution is 2.23. The van der Waals surface area contributed by atoms with Crippen LogP contribution in [-0.2, 0) is 0 Å². The minimum absolute atomic E-state index is 0.0759. The normalized spacial score (nSPS) is 23.9. The van der Waals surface area contributed by atoms with Crippen molar-refractivity contribution in [2.75, 3.05) is 32.9 Å². The Kier molecular flexibility index (Phi) is 3.30. The number of likely N-dealkylation sites (tertiary alicyclic amines) is 1. The van der Waals surface area contributed by atoms with Crippen molar-refractivity contribution >= 4 is 11.6 Å². The zero-order valence-electron chi connectivity index (χ0n) is 11.4. The van der Waals surface area contributed by atoms with Gasteiger partial charge in [0.2, 0.25) is 0 Å². The van der Waals surface area contributed by atoms with E-state index in [0.29, 0.717) is 23.3 Å². The van der Waals surface area contributed by atoms with Gasteiger partial charge in [-0.05, 0) is 26.9 Å². The van der Waals surface area contributed by atoms with Gasteiger partial charge in [0.15, 0.2) is 5.69 Å². The van der Waals surface area contributed by atoms with Crippen molar-refractivity contribution in [3.05, 3.63) is 11.4 Å². The average Bonchev–Trinajstić information content (AvgIpc) is 2.84. The van der Waals surface area contributed by atoms with E-state index < -0.39 is 0 Å². The Morgan fingerprint density at radius 1 is 1.50 bits per heavy atom. The number of hydrogen-bond acceptors (Lipinski definition) is 4. The molecule has 2 heterocycles. The lowest BCUT2D eigenvalue weighted by atomic mass is 10.1. The number of anilines is 1. The maximum Gasteiger partial charge on any atom is 0.276 e. The first kappa shape index (κ1) is 12.9. The van der Waals surface area contributed by atoms with Crippen molar-refractivity contribution < 1.29 is 4.79 Å². The summed E-state index contributed by atoms with van der Waals surface area (Å²) in [6.07, 6.45) is 0. The Morgan fingerprint density at radius 2 is 2.17 bits per heavy atom. The van der Waals surface area contributed by atoms with Crippen LogP contribution >= 0.6 is 0 Å². The molecule has 1 aliphatic heterocycles. The molecule has 100 valence electrons. The topological polar surface area (TPSA) is 78.2 Å². The Balaban J connectivity index is 2.15. The van der Waals surface area contributed by atoms with E-state index in [1.54, 1.807) is 0 Å². The quantitative estimate of drug-likeness (QED) is 0.793. The van der Waals surface area contributed by atoms with Gasteiger partial charge in [0.05, 0.1) is 11.4 Å². The summed E-state index contributed by atoms with van der Waals surface area (Å²) in [5.74, 6) is 0.387. The maximum atomic E-state index is 12.3. The molecular weight excluding hydrogens is 230 g/mol.